The predicted molar refractivity (Wildman–Crippen MR) is 88.8 cm³/mol. The standard InChI is InChI=1S/C17H17F3N4O2/c1-9(10-2-4-11(5-3-10)17(18,19)20)21-15(26)13-8-14(25)24-16(23-13)22-12-6-7-12/h2-5,8-9,12H,6-7H2,1H3,(H,21,26)(H2,22,23,24,25)/t9-/m1/s1. The van der Waals surface area contributed by atoms with E-state index in [1.165, 1.54) is 12.1 Å². The number of carbonyl (C=O) groups excluding carboxylic acids is 1. The average Bonchev–Trinajstić information content (AvgIpc) is 3.37. The minimum Gasteiger partial charge on any atom is -0.353 e. The van der Waals surface area contributed by atoms with Crippen LogP contribution in [0.5, 0.6) is 0 Å². The summed E-state index contributed by atoms with van der Waals surface area (Å²) in [4.78, 5) is 30.6. The summed E-state index contributed by atoms with van der Waals surface area (Å²) in [6.07, 6.45) is -2.46. The molecule has 3 rings (SSSR count). The Labute approximate surface area is 146 Å². The molecule has 1 aromatic carbocycles. The summed E-state index contributed by atoms with van der Waals surface area (Å²) >= 11 is 0. The van der Waals surface area contributed by atoms with E-state index in [0.29, 0.717) is 5.56 Å². The van der Waals surface area contributed by atoms with Crippen LogP contribution >= 0.6 is 0 Å². The number of H-pyrrole nitrogens is 1. The fraction of sp³-hybridized carbons (Fsp3) is 0.353. The zero-order valence-electron chi connectivity index (χ0n) is 13.9. The fourth-order valence-electron chi connectivity index (χ4n) is 2.38. The SMILES string of the molecule is C[C@@H](NC(=O)c1cc(=O)[nH]c(NC2CC2)n1)c1ccc(C(F)(F)F)cc1. The normalized spacial score (nSPS) is 15.4. The molecule has 1 aromatic heterocycles. The van der Waals surface area contributed by atoms with Gasteiger partial charge in [0.2, 0.25) is 5.95 Å². The van der Waals surface area contributed by atoms with Crippen molar-refractivity contribution in [1.82, 2.24) is 15.3 Å². The van der Waals surface area contributed by atoms with E-state index in [4.69, 9.17) is 0 Å². The molecule has 2 aromatic rings. The van der Waals surface area contributed by atoms with Crippen LogP contribution in [-0.2, 0) is 6.18 Å². The van der Waals surface area contributed by atoms with Crippen molar-refractivity contribution in [2.45, 2.75) is 38.0 Å². The monoisotopic (exact) mass is 366 g/mol. The molecule has 1 atom stereocenters. The zero-order valence-corrected chi connectivity index (χ0v) is 13.9. The number of aromatic nitrogens is 2. The third-order valence-corrected chi connectivity index (χ3v) is 3.98. The molecular weight excluding hydrogens is 349 g/mol. The van der Waals surface area contributed by atoms with E-state index in [1.807, 2.05) is 0 Å². The van der Waals surface area contributed by atoms with Crippen molar-refractivity contribution < 1.29 is 18.0 Å². The van der Waals surface area contributed by atoms with Gasteiger partial charge < -0.3 is 10.6 Å². The third-order valence-electron chi connectivity index (χ3n) is 3.98. The highest BCUT2D eigenvalue weighted by Gasteiger charge is 2.30. The number of hydrogen-bond donors (Lipinski definition) is 3. The summed E-state index contributed by atoms with van der Waals surface area (Å²) < 4.78 is 37.8. The largest absolute Gasteiger partial charge is 0.416 e. The number of nitrogens with zero attached hydrogens (tertiary/aromatic N) is 1. The van der Waals surface area contributed by atoms with Crippen molar-refractivity contribution in [2.24, 2.45) is 0 Å². The summed E-state index contributed by atoms with van der Waals surface area (Å²) in [7, 11) is 0. The van der Waals surface area contributed by atoms with Crippen molar-refractivity contribution in [1.29, 1.82) is 0 Å². The first-order valence-electron chi connectivity index (χ1n) is 8.08. The molecule has 1 aliphatic carbocycles. The van der Waals surface area contributed by atoms with Gasteiger partial charge in [-0.25, -0.2) is 4.98 Å². The van der Waals surface area contributed by atoms with Gasteiger partial charge in [-0.15, -0.1) is 0 Å². The Kier molecular flexibility index (Phi) is 4.71. The van der Waals surface area contributed by atoms with E-state index in [1.54, 1.807) is 6.92 Å². The molecule has 0 bridgehead atoms. The number of alkyl halides is 3. The molecule has 1 heterocycles. The van der Waals surface area contributed by atoms with Gasteiger partial charge in [-0.05, 0) is 37.5 Å². The van der Waals surface area contributed by atoms with E-state index in [9.17, 15) is 22.8 Å². The zero-order chi connectivity index (χ0) is 18.9. The lowest BCUT2D eigenvalue weighted by Crippen LogP contribution is -2.29. The second kappa shape index (κ2) is 6.81. The van der Waals surface area contributed by atoms with Crippen molar-refractivity contribution in [3.8, 4) is 0 Å². The molecule has 0 aliphatic heterocycles. The van der Waals surface area contributed by atoms with Crippen molar-refractivity contribution in [3.05, 3.63) is 57.5 Å². The van der Waals surface area contributed by atoms with Crippen LogP contribution in [0.2, 0.25) is 0 Å². The van der Waals surface area contributed by atoms with Gasteiger partial charge in [0, 0.05) is 12.1 Å². The van der Waals surface area contributed by atoms with Gasteiger partial charge in [-0.3, -0.25) is 14.6 Å². The first kappa shape index (κ1) is 18.0. The topological polar surface area (TPSA) is 86.9 Å². The molecule has 0 radical (unpaired) electrons. The molecule has 6 nitrogen and oxygen atoms in total. The maximum absolute atomic E-state index is 12.6. The van der Waals surface area contributed by atoms with Gasteiger partial charge in [0.15, 0.2) is 0 Å². The first-order valence-corrected chi connectivity index (χ1v) is 8.08. The van der Waals surface area contributed by atoms with Crippen LogP contribution in [0, 0.1) is 0 Å². The molecule has 1 amide bonds. The number of hydrogen-bond acceptors (Lipinski definition) is 4. The maximum atomic E-state index is 12.6. The lowest BCUT2D eigenvalue weighted by atomic mass is 10.1. The first-order chi connectivity index (χ1) is 12.2. The van der Waals surface area contributed by atoms with E-state index < -0.39 is 29.2 Å². The summed E-state index contributed by atoms with van der Waals surface area (Å²) in [5, 5.41) is 5.63. The highest BCUT2D eigenvalue weighted by Crippen LogP contribution is 2.30. The lowest BCUT2D eigenvalue weighted by Gasteiger charge is -2.15. The number of aromatic amines is 1. The molecular formula is C17H17F3N4O2. The van der Waals surface area contributed by atoms with Crippen LogP contribution in [0.1, 0.15) is 47.4 Å². The van der Waals surface area contributed by atoms with Gasteiger partial charge in [0.25, 0.3) is 11.5 Å². The van der Waals surface area contributed by atoms with Crippen LogP contribution in [0.25, 0.3) is 0 Å². The smallest absolute Gasteiger partial charge is 0.353 e. The van der Waals surface area contributed by atoms with Crippen molar-refractivity contribution in [2.75, 3.05) is 5.32 Å². The molecule has 1 saturated carbocycles. The molecule has 138 valence electrons. The number of nitrogens with one attached hydrogen (secondary N) is 3. The molecule has 1 fully saturated rings. The second-order valence-corrected chi connectivity index (χ2v) is 6.21. The van der Waals surface area contributed by atoms with E-state index >= 15 is 0 Å². The molecule has 0 saturated heterocycles. The Bertz CT molecular complexity index is 858. The van der Waals surface area contributed by atoms with Crippen LogP contribution in [0.4, 0.5) is 19.1 Å². The summed E-state index contributed by atoms with van der Waals surface area (Å²) in [6.45, 7) is 1.64. The minimum atomic E-state index is -4.41. The van der Waals surface area contributed by atoms with Gasteiger partial charge in [-0.2, -0.15) is 13.2 Å². The van der Waals surface area contributed by atoms with Crippen molar-refractivity contribution >= 4 is 11.9 Å². The van der Waals surface area contributed by atoms with Gasteiger partial charge in [0.05, 0.1) is 11.6 Å². The number of halogens is 3. The van der Waals surface area contributed by atoms with E-state index in [0.717, 1.165) is 31.0 Å². The number of benzene rings is 1. The Morgan fingerprint density at radius 2 is 1.92 bits per heavy atom. The number of rotatable bonds is 5. The highest BCUT2D eigenvalue weighted by atomic mass is 19.4. The fourth-order valence-corrected chi connectivity index (χ4v) is 2.38. The Morgan fingerprint density at radius 1 is 1.27 bits per heavy atom. The number of amides is 1. The van der Waals surface area contributed by atoms with Crippen LogP contribution in [-0.4, -0.2) is 21.9 Å². The van der Waals surface area contributed by atoms with Gasteiger partial charge >= 0.3 is 6.18 Å². The molecule has 0 unspecified atom stereocenters. The van der Waals surface area contributed by atoms with Crippen LogP contribution in [0.15, 0.2) is 35.1 Å². The molecule has 26 heavy (non-hydrogen) atoms. The molecule has 0 spiro atoms. The van der Waals surface area contributed by atoms with E-state index in [-0.39, 0.29) is 17.7 Å². The van der Waals surface area contributed by atoms with Crippen LogP contribution < -0.4 is 16.2 Å². The third kappa shape index (κ3) is 4.41. The molecule has 9 heteroatoms. The summed E-state index contributed by atoms with van der Waals surface area (Å²) in [6, 6.07) is 5.31. The number of carbonyl (C=O) groups is 1. The average molecular weight is 366 g/mol. The van der Waals surface area contributed by atoms with Crippen molar-refractivity contribution in [3.63, 3.8) is 0 Å². The highest BCUT2D eigenvalue weighted by molar-refractivity contribution is 5.92. The number of anilines is 1. The Balaban J connectivity index is 1.70. The minimum absolute atomic E-state index is 0.0596. The lowest BCUT2D eigenvalue weighted by molar-refractivity contribution is -0.137. The molecule has 3 N–H and O–H groups in total. The quantitative estimate of drug-likeness (QED) is 0.759. The van der Waals surface area contributed by atoms with E-state index in [2.05, 4.69) is 20.6 Å². The predicted octanol–water partition coefficient (Wildman–Crippen LogP) is 2.85. The van der Waals surface area contributed by atoms with Gasteiger partial charge in [0.1, 0.15) is 5.69 Å². The second-order valence-electron chi connectivity index (χ2n) is 6.21. The summed E-state index contributed by atoms with van der Waals surface area (Å²) in [5.41, 5.74) is -0.773. The van der Waals surface area contributed by atoms with Crippen LogP contribution in [0.3, 0.4) is 0 Å². The Hall–Kier alpha value is -2.84. The molecule has 1 aliphatic rings. The maximum Gasteiger partial charge on any atom is 0.416 e. The summed E-state index contributed by atoms with van der Waals surface area (Å²) in [5.74, 6) is -0.352. The Morgan fingerprint density at radius 3 is 2.50 bits per heavy atom. The van der Waals surface area contributed by atoms with Gasteiger partial charge in [-0.1, -0.05) is 12.1 Å².